The first-order valence-corrected chi connectivity index (χ1v) is 4.22. The molecule has 0 aromatic heterocycles. The summed E-state index contributed by atoms with van der Waals surface area (Å²) in [6, 6.07) is 0. The van der Waals surface area contributed by atoms with Crippen molar-refractivity contribution in [3.05, 3.63) is 36.0 Å². The maximum atomic E-state index is 9.81. The Labute approximate surface area is 75.5 Å². The molecule has 0 amide bonds. The van der Waals surface area contributed by atoms with E-state index in [0.717, 1.165) is 11.9 Å². The molecular weight excluding hydrogens is 148 g/mol. The Morgan fingerprint density at radius 1 is 1.17 bits per heavy atom. The monoisotopic (exact) mass is 166 g/mol. The van der Waals surface area contributed by atoms with Crippen LogP contribution in [0.25, 0.3) is 0 Å². The highest BCUT2D eigenvalue weighted by Gasteiger charge is 1.73. The van der Waals surface area contributed by atoms with E-state index in [0.29, 0.717) is 0 Å². The highest BCUT2D eigenvalue weighted by molar-refractivity contribution is 5.65. The lowest BCUT2D eigenvalue weighted by atomic mass is 10.2. The van der Waals surface area contributed by atoms with E-state index >= 15 is 0 Å². The molecule has 0 aromatic rings. The van der Waals surface area contributed by atoms with Crippen molar-refractivity contribution in [2.24, 2.45) is 0 Å². The molecule has 0 saturated carbocycles. The van der Waals surface area contributed by atoms with Gasteiger partial charge >= 0.3 is 0 Å². The lowest BCUT2D eigenvalue weighted by molar-refractivity contribution is -0.104. The standard InChI is InChI=1S/C9H12O.C2H6/c1-3-6-9(2)7-4-5-8-10;1-2/h3-8H,1-2H3;1-2H3/b5-4+,6-3-,9-7-;. The molecule has 0 aliphatic heterocycles. The van der Waals surface area contributed by atoms with Crippen molar-refractivity contribution in [3.63, 3.8) is 0 Å². The number of carbonyl (C=O) groups is 1. The van der Waals surface area contributed by atoms with Gasteiger partial charge in [-0.15, -0.1) is 0 Å². The predicted octanol–water partition coefficient (Wildman–Crippen LogP) is 3.29. The van der Waals surface area contributed by atoms with E-state index in [4.69, 9.17) is 0 Å². The van der Waals surface area contributed by atoms with Gasteiger partial charge in [-0.1, -0.05) is 43.7 Å². The van der Waals surface area contributed by atoms with E-state index in [-0.39, 0.29) is 0 Å². The highest BCUT2D eigenvalue weighted by atomic mass is 16.1. The molecule has 68 valence electrons. The van der Waals surface area contributed by atoms with Gasteiger partial charge in [-0.2, -0.15) is 0 Å². The minimum absolute atomic E-state index is 0.763. The van der Waals surface area contributed by atoms with Crippen molar-refractivity contribution in [2.75, 3.05) is 0 Å². The van der Waals surface area contributed by atoms with Crippen molar-refractivity contribution in [1.82, 2.24) is 0 Å². The van der Waals surface area contributed by atoms with Crippen LogP contribution >= 0.6 is 0 Å². The zero-order valence-electron chi connectivity index (χ0n) is 8.37. The fraction of sp³-hybridized carbons (Fsp3) is 0.364. The molecule has 12 heavy (non-hydrogen) atoms. The van der Waals surface area contributed by atoms with Crippen LogP contribution in [0.15, 0.2) is 36.0 Å². The summed E-state index contributed by atoms with van der Waals surface area (Å²) < 4.78 is 0. The third kappa shape index (κ3) is 11.7. The summed E-state index contributed by atoms with van der Waals surface area (Å²) in [6.45, 7) is 7.94. The molecule has 0 rings (SSSR count). The minimum Gasteiger partial charge on any atom is -0.299 e. The Hall–Kier alpha value is -1.11. The zero-order chi connectivity index (χ0) is 9.82. The summed E-state index contributed by atoms with van der Waals surface area (Å²) in [4.78, 5) is 9.81. The van der Waals surface area contributed by atoms with Gasteiger partial charge in [0.15, 0.2) is 0 Å². The van der Waals surface area contributed by atoms with Crippen molar-refractivity contribution in [3.8, 4) is 0 Å². The van der Waals surface area contributed by atoms with Gasteiger partial charge in [-0.05, 0) is 19.9 Å². The SMILES string of the molecule is CC.C\C=C/C(C)=C\C=C\C=O. The Bertz CT molecular complexity index is 173. The summed E-state index contributed by atoms with van der Waals surface area (Å²) in [5.41, 5.74) is 1.14. The molecule has 1 heteroatoms. The quantitative estimate of drug-likeness (QED) is 0.357. The van der Waals surface area contributed by atoms with Gasteiger partial charge in [-0.3, -0.25) is 4.79 Å². The Kier molecular flexibility index (Phi) is 14.1. The molecule has 0 saturated heterocycles. The Morgan fingerprint density at radius 2 is 1.75 bits per heavy atom. The van der Waals surface area contributed by atoms with Crippen LogP contribution in [0.4, 0.5) is 0 Å². The molecule has 0 unspecified atom stereocenters. The number of carbonyl (C=O) groups excluding carboxylic acids is 1. The Morgan fingerprint density at radius 3 is 2.17 bits per heavy atom. The molecule has 0 radical (unpaired) electrons. The van der Waals surface area contributed by atoms with Gasteiger partial charge in [0.05, 0.1) is 0 Å². The fourth-order valence-corrected chi connectivity index (χ4v) is 0.571. The summed E-state index contributed by atoms with van der Waals surface area (Å²) in [5, 5.41) is 0. The second-order valence-electron chi connectivity index (χ2n) is 1.93. The first-order chi connectivity index (χ1) is 5.81. The normalized spacial score (nSPS) is 11.5. The third-order valence-electron chi connectivity index (χ3n) is 0.978. The van der Waals surface area contributed by atoms with Crippen LogP contribution in [0.2, 0.25) is 0 Å². The second-order valence-corrected chi connectivity index (χ2v) is 1.93. The van der Waals surface area contributed by atoms with E-state index in [9.17, 15) is 4.79 Å². The molecule has 0 bridgehead atoms. The van der Waals surface area contributed by atoms with E-state index < -0.39 is 0 Å². The van der Waals surface area contributed by atoms with Gasteiger partial charge in [0.2, 0.25) is 0 Å². The molecule has 0 atom stereocenters. The topological polar surface area (TPSA) is 17.1 Å². The first kappa shape index (κ1) is 13.5. The first-order valence-electron chi connectivity index (χ1n) is 4.22. The van der Waals surface area contributed by atoms with Crippen LogP contribution in [-0.4, -0.2) is 6.29 Å². The smallest absolute Gasteiger partial charge is 0.142 e. The number of hydrogen-bond donors (Lipinski definition) is 0. The molecule has 0 aliphatic rings. The minimum atomic E-state index is 0.763. The summed E-state index contributed by atoms with van der Waals surface area (Å²) in [7, 11) is 0. The van der Waals surface area contributed by atoms with E-state index in [2.05, 4.69) is 0 Å². The molecule has 0 N–H and O–H groups in total. The van der Waals surface area contributed by atoms with Gasteiger partial charge in [-0.25, -0.2) is 0 Å². The van der Waals surface area contributed by atoms with E-state index in [1.165, 1.54) is 6.08 Å². The zero-order valence-corrected chi connectivity index (χ0v) is 8.37. The molecular formula is C11H18O. The van der Waals surface area contributed by atoms with Crippen LogP contribution in [-0.2, 0) is 4.79 Å². The molecule has 0 aromatic carbocycles. The molecule has 0 heterocycles. The molecule has 0 spiro atoms. The molecule has 0 aliphatic carbocycles. The van der Waals surface area contributed by atoms with Gasteiger partial charge < -0.3 is 0 Å². The number of aldehydes is 1. The van der Waals surface area contributed by atoms with Crippen molar-refractivity contribution in [2.45, 2.75) is 27.7 Å². The number of hydrogen-bond acceptors (Lipinski definition) is 1. The highest BCUT2D eigenvalue weighted by Crippen LogP contribution is 1.93. The van der Waals surface area contributed by atoms with Gasteiger partial charge in [0, 0.05) is 0 Å². The van der Waals surface area contributed by atoms with Crippen molar-refractivity contribution in [1.29, 1.82) is 0 Å². The van der Waals surface area contributed by atoms with Crippen molar-refractivity contribution < 1.29 is 4.79 Å². The van der Waals surface area contributed by atoms with Gasteiger partial charge in [0.1, 0.15) is 6.29 Å². The summed E-state index contributed by atoms with van der Waals surface area (Å²) in [5.74, 6) is 0. The predicted molar refractivity (Wildman–Crippen MR) is 55.1 cm³/mol. The molecule has 0 fully saturated rings. The average molecular weight is 166 g/mol. The van der Waals surface area contributed by atoms with Crippen LogP contribution in [0.1, 0.15) is 27.7 Å². The Balaban J connectivity index is 0. The van der Waals surface area contributed by atoms with Crippen molar-refractivity contribution >= 4 is 6.29 Å². The number of rotatable bonds is 3. The van der Waals surface area contributed by atoms with Crippen LogP contribution in [0.5, 0.6) is 0 Å². The van der Waals surface area contributed by atoms with Gasteiger partial charge in [0.25, 0.3) is 0 Å². The molecule has 1 nitrogen and oxygen atoms in total. The fourth-order valence-electron chi connectivity index (χ4n) is 0.571. The summed E-state index contributed by atoms with van der Waals surface area (Å²) in [6.07, 6.45) is 9.78. The second kappa shape index (κ2) is 12.6. The van der Waals surface area contributed by atoms with Crippen LogP contribution in [0.3, 0.4) is 0 Å². The van der Waals surface area contributed by atoms with E-state index in [1.807, 2.05) is 45.9 Å². The lowest BCUT2D eigenvalue weighted by Crippen LogP contribution is -1.64. The van der Waals surface area contributed by atoms with Crippen LogP contribution < -0.4 is 0 Å². The maximum Gasteiger partial charge on any atom is 0.142 e. The third-order valence-corrected chi connectivity index (χ3v) is 0.978. The lowest BCUT2D eigenvalue weighted by Gasteiger charge is -1.83. The summed E-state index contributed by atoms with van der Waals surface area (Å²) >= 11 is 0. The van der Waals surface area contributed by atoms with E-state index in [1.54, 1.807) is 6.08 Å². The van der Waals surface area contributed by atoms with Crippen LogP contribution in [0, 0.1) is 0 Å². The maximum absolute atomic E-state index is 9.81. The largest absolute Gasteiger partial charge is 0.299 e. The average Bonchev–Trinajstić information content (AvgIpc) is 2.09. The number of allylic oxidation sites excluding steroid dienone is 6.